The van der Waals surface area contributed by atoms with Crippen LogP contribution in [0.3, 0.4) is 0 Å². The van der Waals surface area contributed by atoms with Crippen molar-refractivity contribution in [3.63, 3.8) is 0 Å². The molecule has 1 heterocycles. The summed E-state index contributed by atoms with van der Waals surface area (Å²) in [5.74, 6) is 0.544. The lowest BCUT2D eigenvalue weighted by Gasteiger charge is -2.12. The third-order valence-corrected chi connectivity index (χ3v) is 3.74. The van der Waals surface area contributed by atoms with Gasteiger partial charge in [0.25, 0.3) is 5.91 Å². The molecule has 0 aromatic heterocycles. The van der Waals surface area contributed by atoms with Crippen molar-refractivity contribution in [2.24, 2.45) is 15.3 Å². The van der Waals surface area contributed by atoms with E-state index in [1.165, 1.54) is 5.01 Å². The summed E-state index contributed by atoms with van der Waals surface area (Å²) in [7, 11) is 1.60. The summed E-state index contributed by atoms with van der Waals surface area (Å²) in [6.07, 6.45) is 0. The number of hydrogen-bond acceptors (Lipinski definition) is 5. The summed E-state index contributed by atoms with van der Waals surface area (Å²) < 4.78 is 5.10. The van der Waals surface area contributed by atoms with Gasteiger partial charge in [0.05, 0.1) is 24.2 Å². The number of benzene rings is 2. The lowest BCUT2D eigenvalue weighted by Crippen LogP contribution is -2.29. The highest BCUT2D eigenvalue weighted by molar-refractivity contribution is 6.18. The number of azo groups is 1. The zero-order valence-electron chi connectivity index (χ0n) is 13.8. The molecule has 0 N–H and O–H groups in total. The monoisotopic (exact) mass is 322 g/mol. The van der Waals surface area contributed by atoms with Gasteiger partial charge in [-0.15, -0.1) is 0 Å². The van der Waals surface area contributed by atoms with Gasteiger partial charge in [0.15, 0.2) is 6.04 Å². The van der Waals surface area contributed by atoms with Gasteiger partial charge in [0, 0.05) is 0 Å². The summed E-state index contributed by atoms with van der Waals surface area (Å²) in [6, 6.07) is 14.1. The molecule has 0 bridgehead atoms. The van der Waals surface area contributed by atoms with Gasteiger partial charge in [-0.05, 0) is 50.2 Å². The molecule has 24 heavy (non-hydrogen) atoms. The molecule has 6 heteroatoms. The SMILES string of the molecule is COc1ccc(N=NC2C(=O)N(c3ccc(C)cc3)N=C2C)cc1. The predicted molar refractivity (Wildman–Crippen MR) is 93.1 cm³/mol. The lowest BCUT2D eigenvalue weighted by atomic mass is 10.2. The number of methoxy groups -OCH3 is 1. The topological polar surface area (TPSA) is 66.6 Å². The van der Waals surface area contributed by atoms with Crippen LogP contribution in [-0.2, 0) is 4.79 Å². The average Bonchev–Trinajstić information content (AvgIpc) is 2.88. The summed E-state index contributed by atoms with van der Waals surface area (Å²) in [5, 5.41) is 14.0. The maximum atomic E-state index is 12.6. The van der Waals surface area contributed by atoms with E-state index in [0.717, 1.165) is 17.0 Å². The van der Waals surface area contributed by atoms with E-state index >= 15 is 0 Å². The fourth-order valence-corrected chi connectivity index (χ4v) is 2.33. The summed E-state index contributed by atoms with van der Waals surface area (Å²) >= 11 is 0. The quantitative estimate of drug-likeness (QED) is 0.802. The number of amides is 1. The maximum Gasteiger partial charge on any atom is 0.280 e. The van der Waals surface area contributed by atoms with Crippen LogP contribution in [0.2, 0.25) is 0 Å². The third kappa shape index (κ3) is 3.17. The molecule has 0 saturated carbocycles. The van der Waals surface area contributed by atoms with Gasteiger partial charge in [-0.1, -0.05) is 17.7 Å². The Bertz CT molecular complexity index is 795. The number of ether oxygens (including phenoxy) is 1. The summed E-state index contributed by atoms with van der Waals surface area (Å²) in [6.45, 7) is 3.78. The highest BCUT2D eigenvalue weighted by Crippen LogP contribution is 2.24. The molecule has 0 spiro atoms. The van der Waals surface area contributed by atoms with Crippen LogP contribution in [0.15, 0.2) is 63.9 Å². The van der Waals surface area contributed by atoms with Crippen LogP contribution >= 0.6 is 0 Å². The molecule has 6 nitrogen and oxygen atoms in total. The van der Waals surface area contributed by atoms with Crippen molar-refractivity contribution in [1.29, 1.82) is 0 Å². The van der Waals surface area contributed by atoms with Crippen molar-refractivity contribution in [3.8, 4) is 5.75 Å². The van der Waals surface area contributed by atoms with Crippen LogP contribution in [0.25, 0.3) is 0 Å². The van der Waals surface area contributed by atoms with E-state index in [9.17, 15) is 4.79 Å². The Balaban J connectivity index is 1.77. The van der Waals surface area contributed by atoms with Gasteiger partial charge < -0.3 is 4.74 Å². The first kappa shape index (κ1) is 15.9. The predicted octanol–water partition coefficient (Wildman–Crippen LogP) is 3.88. The minimum Gasteiger partial charge on any atom is -0.497 e. The van der Waals surface area contributed by atoms with Gasteiger partial charge in [0.2, 0.25) is 0 Å². The largest absolute Gasteiger partial charge is 0.497 e. The first-order valence-electron chi connectivity index (χ1n) is 7.59. The van der Waals surface area contributed by atoms with Crippen molar-refractivity contribution < 1.29 is 9.53 Å². The Morgan fingerprint density at radius 3 is 2.33 bits per heavy atom. The molecule has 0 radical (unpaired) electrons. The van der Waals surface area contributed by atoms with Crippen LogP contribution in [0, 0.1) is 6.92 Å². The second-order valence-electron chi connectivity index (χ2n) is 5.54. The number of aryl methyl sites for hydroxylation is 1. The Kier molecular flexibility index (Phi) is 4.37. The number of carbonyl (C=O) groups excluding carboxylic acids is 1. The molecule has 2 aromatic rings. The van der Waals surface area contributed by atoms with Gasteiger partial charge in [-0.2, -0.15) is 20.3 Å². The van der Waals surface area contributed by atoms with Crippen LogP contribution < -0.4 is 9.75 Å². The minimum absolute atomic E-state index is 0.200. The van der Waals surface area contributed by atoms with E-state index in [0.29, 0.717) is 11.4 Å². The van der Waals surface area contributed by atoms with E-state index in [4.69, 9.17) is 4.74 Å². The van der Waals surface area contributed by atoms with Crippen molar-refractivity contribution in [2.75, 3.05) is 12.1 Å². The van der Waals surface area contributed by atoms with Crippen molar-refractivity contribution in [2.45, 2.75) is 19.9 Å². The second-order valence-corrected chi connectivity index (χ2v) is 5.54. The van der Waals surface area contributed by atoms with Crippen LogP contribution in [-0.4, -0.2) is 24.8 Å². The lowest BCUT2D eigenvalue weighted by molar-refractivity contribution is -0.117. The number of carbonyl (C=O) groups is 1. The Hall–Kier alpha value is -3.02. The van der Waals surface area contributed by atoms with Gasteiger partial charge >= 0.3 is 0 Å². The van der Waals surface area contributed by atoms with E-state index in [1.54, 1.807) is 38.3 Å². The number of hydrazone groups is 1. The van der Waals surface area contributed by atoms with E-state index < -0.39 is 6.04 Å². The van der Waals surface area contributed by atoms with Gasteiger partial charge in [-0.3, -0.25) is 4.79 Å². The molecular weight excluding hydrogens is 304 g/mol. The zero-order valence-corrected chi connectivity index (χ0v) is 13.8. The average molecular weight is 322 g/mol. The normalized spacial score (nSPS) is 17.5. The molecule has 1 aliphatic heterocycles. The van der Waals surface area contributed by atoms with Gasteiger partial charge in [-0.25, -0.2) is 0 Å². The van der Waals surface area contributed by atoms with Crippen LogP contribution in [0.5, 0.6) is 5.75 Å². The first-order chi connectivity index (χ1) is 11.6. The highest BCUT2D eigenvalue weighted by atomic mass is 16.5. The molecular formula is C18H18N4O2. The van der Waals surface area contributed by atoms with Crippen LogP contribution in [0.4, 0.5) is 11.4 Å². The van der Waals surface area contributed by atoms with E-state index in [1.807, 2.05) is 31.2 Å². The molecule has 0 fully saturated rings. The maximum absolute atomic E-state index is 12.6. The van der Waals surface area contributed by atoms with Crippen molar-refractivity contribution >= 4 is 23.0 Å². The Morgan fingerprint density at radius 2 is 1.71 bits per heavy atom. The third-order valence-electron chi connectivity index (χ3n) is 3.74. The number of rotatable bonds is 4. The molecule has 0 saturated heterocycles. The minimum atomic E-state index is -0.687. The highest BCUT2D eigenvalue weighted by Gasteiger charge is 2.34. The second kappa shape index (κ2) is 6.62. The standard InChI is InChI=1S/C18H18N4O2/c1-12-4-8-15(9-5-12)22-18(23)17(13(2)21-22)20-19-14-6-10-16(24-3)11-7-14/h4-11,17H,1-3H3. The number of nitrogens with zero attached hydrogens (tertiary/aromatic N) is 4. The molecule has 122 valence electrons. The molecule has 1 aliphatic rings. The molecule has 3 rings (SSSR count). The fourth-order valence-electron chi connectivity index (χ4n) is 2.33. The molecule has 0 aliphatic carbocycles. The smallest absolute Gasteiger partial charge is 0.280 e. The Labute approximate surface area is 140 Å². The Morgan fingerprint density at radius 1 is 1.04 bits per heavy atom. The van der Waals surface area contributed by atoms with Crippen molar-refractivity contribution in [1.82, 2.24) is 0 Å². The van der Waals surface area contributed by atoms with E-state index in [-0.39, 0.29) is 5.91 Å². The number of hydrogen-bond donors (Lipinski definition) is 0. The first-order valence-corrected chi connectivity index (χ1v) is 7.59. The van der Waals surface area contributed by atoms with Gasteiger partial charge in [0.1, 0.15) is 5.75 Å². The van der Waals surface area contributed by atoms with E-state index in [2.05, 4.69) is 15.3 Å². The zero-order chi connectivity index (χ0) is 17.1. The summed E-state index contributed by atoms with van der Waals surface area (Å²) in [5.41, 5.74) is 3.14. The number of anilines is 1. The molecule has 1 atom stereocenters. The van der Waals surface area contributed by atoms with Crippen LogP contribution in [0.1, 0.15) is 12.5 Å². The molecule has 1 amide bonds. The molecule has 1 unspecified atom stereocenters. The molecule has 2 aromatic carbocycles. The summed E-state index contributed by atoms with van der Waals surface area (Å²) in [4.78, 5) is 12.6. The fraction of sp³-hybridized carbons (Fsp3) is 0.222. The van der Waals surface area contributed by atoms with Crippen molar-refractivity contribution in [3.05, 3.63) is 54.1 Å².